The maximum Gasteiger partial charge on any atom is 0.318 e. The third-order valence-corrected chi connectivity index (χ3v) is 7.26. The number of carbonyl (C=O) groups excluding carboxylic acids is 1. The van der Waals surface area contributed by atoms with E-state index in [1.807, 2.05) is 29.2 Å². The minimum Gasteiger partial charge on any atom is -0.467 e. The Bertz CT molecular complexity index is 1960. The maximum atomic E-state index is 16.3. The molecule has 43 heavy (non-hydrogen) atoms. The lowest BCUT2D eigenvalue weighted by molar-refractivity contribution is -0.128. The average molecular weight is 578 g/mol. The third kappa shape index (κ3) is 5.19. The molecule has 11 heteroatoms. The Morgan fingerprint density at radius 1 is 1.05 bits per heavy atom. The topological polar surface area (TPSA) is 97.2 Å². The van der Waals surface area contributed by atoms with Crippen LogP contribution in [0.15, 0.2) is 60.8 Å². The van der Waals surface area contributed by atoms with Crippen LogP contribution < -0.4 is 9.64 Å². The average Bonchev–Trinajstić information content (AvgIpc) is 3.03. The molecule has 2 aromatic carbocycles. The lowest BCUT2D eigenvalue weighted by atomic mass is 9.97. The highest BCUT2D eigenvalue weighted by molar-refractivity contribution is 6.02. The Balaban J connectivity index is 1.32. The van der Waals surface area contributed by atoms with Gasteiger partial charge >= 0.3 is 6.01 Å². The summed E-state index contributed by atoms with van der Waals surface area (Å²) >= 11 is 0. The molecule has 1 saturated heterocycles. The first-order valence-electron chi connectivity index (χ1n) is 13.5. The number of rotatable bonds is 5. The molecule has 0 radical (unpaired) electrons. The van der Waals surface area contributed by atoms with Gasteiger partial charge in [-0.25, -0.2) is 8.78 Å². The van der Waals surface area contributed by atoms with Gasteiger partial charge in [-0.05, 0) is 18.4 Å². The number of fused-ring (bicyclic) bond motifs is 2. The SMILES string of the molecule is C#Cc1cccc2cccc(-c3ncc4c(N5CCN(C(=O)/C(F)=C/c6cncc(C)n6)CC5)nc(OC)nc4c3F)c12. The summed E-state index contributed by atoms with van der Waals surface area (Å²) < 4.78 is 36.4. The summed E-state index contributed by atoms with van der Waals surface area (Å²) in [5.74, 6) is 0.768. The highest BCUT2D eigenvalue weighted by atomic mass is 19.1. The molecule has 1 amide bonds. The number of pyridine rings is 1. The number of hydrogen-bond donors (Lipinski definition) is 0. The van der Waals surface area contributed by atoms with Crippen LogP contribution >= 0.6 is 0 Å². The number of carbonyl (C=O) groups is 1. The van der Waals surface area contributed by atoms with Gasteiger partial charge in [0.05, 0.1) is 30.1 Å². The number of methoxy groups -OCH3 is 1. The molecule has 1 fully saturated rings. The van der Waals surface area contributed by atoms with Gasteiger partial charge in [-0.2, -0.15) is 9.97 Å². The van der Waals surface area contributed by atoms with E-state index in [1.54, 1.807) is 25.3 Å². The predicted molar refractivity (Wildman–Crippen MR) is 159 cm³/mol. The van der Waals surface area contributed by atoms with Crippen LogP contribution in [0.4, 0.5) is 14.6 Å². The molecule has 0 spiro atoms. The van der Waals surface area contributed by atoms with E-state index in [-0.39, 0.29) is 36.0 Å². The van der Waals surface area contributed by atoms with Gasteiger partial charge in [-0.1, -0.05) is 36.3 Å². The van der Waals surface area contributed by atoms with Crippen LogP contribution in [0, 0.1) is 25.1 Å². The van der Waals surface area contributed by atoms with Crippen LogP contribution in [0.1, 0.15) is 17.0 Å². The van der Waals surface area contributed by atoms with Crippen LogP contribution in [-0.4, -0.2) is 69.0 Å². The van der Waals surface area contributed by atoms with E-state index < -0.39 is 17.6 Å². The number of terminal acetylenes is 1. The number of aryl methyl sites for hydroxylation is 1. The number of hydrogen-bond acceptors (Lipinski definition) is 8. The minimum atomic E-state index is -0.928. The number of amides is 1. The van der Waals surface area contributed by atoms with Gasteiger partial charge in [0, 0.05) is 61.2 Å². The number of benzene rings is 2. The van der Waals surface area contributed by atoms with Crippen molar-refractivity contribution >= 4 is 39.5 Å². The summed E-state index contributed by atoms with van der Waals surface area (Å²) in [6.07, 6.45) is 11.3. The van der Waals surface area contributed by atoms with Crippen LogP contribution in [0.25, 0.3) is 39.0 Å². The van der Waals surface area contributed by atoms with Gasteiger partial charge in [0.2, 0.25) is 0 Å². The van der Waals surface area contributed by atoms with Crippen molar-refractivity contribution in [3.8, 4) is 29.6 Å². The molecule has 3 aromatic heterocycles. The number of ether oxygens (including phenoxy) is 1. The lowest BCUT2D eigenvalue weighted by Gasteiger charge is -2.35. The summed E-state index contributed by atoms with van der Waals surface area (Å²) in [4.78, 5) is 37.5. The first-order chi connectivity index (χ1) is 20.9. The second kappa shape index (κ2) is 11.4. The van der Waals surface area contributed by atoms with Crippen molar-refractivity contribution in [2.45, 2.75) is 6.92 Å². The second-order valence-electron chi connectivity index (χ2n) is 9.93. The normalized spacial score (nSPS) is 13.8. The smallest absolute Gasteiger partial charge is 0.318 e. The third-order valence-electron chi connectivity index (χ3n) is 7.26. The zero-order valence-corrected chi connectivity index (χ0v) is 23.4. The van der Waals surface area contributed by atoms with Crippen LogP contribution in [0.5, 0.6) is 6.01 Å². The second-order valence-corrected chi connectivity index (χ2v) is 9.93. The molecule has 1 aliphatic heterocycles. The first kappa shape index (κ1) is 27.7. The summed E-state index contributed by atoms with van der Waals surface area (Å²) in [6.45, 7) is 2.79. The van der Waals surface area contributed by atoms with Gasteiger partial charge in [0.1, 0.15) is 17.0 Å². The van der Waals surface area contributed by atoms with Gasteiger partial charge in [-0.3, -0.25) is 19.7 Å². The van der Waals surface area contributed by atoms with Crippen LogP contribution in [0.3, 0.4) is 0 Å². The molecule has 0 saturated carbocycles. The fraction of sp³-hybridized carbons (Fsp3) is 0.188. The molecule has 1 aliphatic rings. The fourth-order valence-corrected chi connectivity index (χ4v) is 5.22. The van der Waals surface area contributed by atoms with Gasteiger partial charge in [0.15, 0.2) is 11.6 Å². The minimum absolute atomic E-state index is 0.0208. The van der Waals surface area contributed by atoms with E-state index in [0.29, 0.717) is 41.1 Å². The van der Waals surface area contributed by atoms with E-state index >= 15 is 4.39 Å². The molecule has 0 aliphatic carbocycles. The predicted octanol–water partition coefficient (Wildman–Crippen LogP) is 4.73. The molecular weight excluding hydrogens is 552 g/mol. The largest absolute Gasteiger partial charge is 0.467 e. The molecule has 5 aromatic rings. The van der Waals surface area contributed by atoms with Crippen LogP contribution in [-0.2, 0) is 4.79 Å². The van der Waals surface area contributed by atoms with Gasteiger partial charge in [-0.15, -0.1) is 6.42 Å². The molecular formula is C32H25F2N7O2. The highest BCUT2D eigenvalue weighted by Gasteiger charge is 2.27. The molecule has 0 unspecified atom stereocenters. The van der Waals surface area contributed by atoms with Crippen LogP contribution in [0.2, 0.25) is 0 Å². The van der Waals surface area contributed by atoms with Gasteiger partial charge in [0.25, 0.3) is 5.91 Å². The molecule has 4 heterocycles. The molecule has 9 nitrogen and oxygen atoms in total. The van der Waals surface area contributed by atoms with E-state index in [0.717, 1.165) is 16.8 Å². The Morgan fingerprint density at radius 2 is 1.81 bits per heavy atom. The summed E-state index contributed by atoms with van der Waals surface area (Å²) in [7, 11) is 1.40. The monoisotopic (exact) mass is 577 g/mol. The van der Waals surface area contributed by atoms with E-state index in [9.17, 15) is 9.18 Å². The Labute approximate surface area is 245 Å². The fourth-order valence-electron chi connectivity index (χ4n) is 5.22. The highest BCUT2D eigenvalue weighted by Crippen LogP contribution is 2.36. The number of anilines is 1. The summed E-state index contributed by atoms with van der Waals surface area (Å²) in [5, 5.41) is 1.96. The quantitative estimate of drug-likeness (QED) is 0.219. The Kier molecular flexibility index (Phi) is 7.34. The molecule has 6 rings (SSSR count). The lowest BCUT2D eigenvalue weighted by Crippen LogP contribution is -2.49. The number of halogens is 2. The van der Waals surface area contributed by atoms with E-state index in [4.69, 9.17) is 11.2 Å². The Morgan fingerprint density at radius 3 is 2.53 bits per heavy atom. The number of piperazine rings is 1. The van der Waals surface area contributed by atoms with E-state index in [1.165, 1.54) is 24.4 Å². The Hall–Kier alpha value is -5.50. The molecule has 0 N–H and O–H groups in total. The number of aromatic nitrogens is 5. The van der Waals surface area contributed by atoms with Crippen molar-refractivity contribution in [3.63, 3.8) is 0 Å². The number of nitrogens with zero attached hydrogens (tertiary/aromatic N) is 7. The molecule has 0 bridgehead atoms. The van der Waals surface area contributed by atoms with Gasteiger partial charge < -0.3 is 14.5 Å². The van der Waals surface area contributed by atoms with E-state index in [2.05, 4.69) is 30.8 Å². The van der Waals surface area contributed by atoms with Crippen molar-refractivity contribution in [1.29, 1.82) is 0 Å². The van der Waals surface area contributed by atoms with Crippen molar-refractivity contribution < 1.29 is 18.3 Å². The van der Waals surface area contributed by atoms with Crippen molar-refractivity contribution in [3.05, 3.63) is 83.6 Å². The zero-order chi connectivity index (χ0) is 30.1. The standard InChI is InChI=1S/C32H25F2N7O2/c1-4-20-7-5-8-21-9-6-10-23(26(20)21)28-27(34)29-24(18-36-28)30(39-32(38-29)43-3)40-11-13-41(14-12-40)31(42)25(33)15-22-17-35-16-19(2)37-22/h1,5-10,15-18H,11-14H2,2-3H3/b25-15-. The molecule has 0 atom stereocenters. The summed E-state index contributed by atoms with van der Waals surface area (Å²) in [5.41, 5.74) is 2.18. The van der Waals surface area contributed by atoms with Crippen molar-refractivity contribution in [1.82, 2.24) is 29.8 Å². The maximum absolute atomic E-state index is 16.3. The van der Waals surface area contributed by atoms with Crippen molar-refractivity contribution in [2.75, 3.05) is 38.2 Å². The van der Waals surface area contributed by atoms with Crippen molar-refractivity contribution in [2.24, 2.45) is 0 Å². The summed E-state index contributed by atoms with van der Waals surface area (Å²) in [6, 6.07) is 11.0. The first-order valence-corrected chi connectivity index (χ1v) is 13.5. The zero-order valence-electron chi connectivity index (χ0n) is 23.4. The molecule has 214 valence electrons.